The molecule has 2 N–H and O–H groups in total. The van der Waals surface area contributed by atoms with Crippen LogP contribution in [0.15, 0.2) is 24.3 Å². The summed E-state index contributed by atoms with van der Waals surface area (Å²) in [5.41, 5.74) is 1.03. The van der Waals surface area contributed by atoms with Crippen LogP contribution < -0.4 is 5.32 Å². The molecule has 2 rings (SSSR count). The Labute approximate surface area is 96.7 Å². The molecule has 3 heteroatoms. The first kappa shape index (κ1) is 10.8. The van der Waals surface area contributed by atoms with E-state index in [0.717, 1.165) is 30.0 Å². The molecule has 0 bridgehead atoms. The van der Waals surface area contributed by atoms with Gasteiger partial charge in [-0.2, -0.15) is 0 Å². The summed E-state index contributed by atoms with van der Waals surface area (Å²) in [6, 6.07) is 7.81. The maximum atomic E-state index is 9.80. The molecular formula is C12H18ClNO. The highest BCUT2D eigenvalue weighted by molar-refractivity contribution is 6.30. The summed E-state index contributed by atoms with van der Waals surface area (Å²) in [6.07, 6.45) is 4.08. The van der Waals surface area contributed by atoms with Crippen molar-refractivity contribution in [2.75, 3.05) is 5.32 Å². The first-order valence-electron chi connectivity index (χ1n) is 5.46. The van der Waals surface area contributed by atoms with Gasteiger partial charge in [0.05, 0.1) is 12.1 Å². The van der Waals surface area contributed by atoms with Crippen LogP contribution in [0.25, 0.3) is 0 Å². The molecule has 1 aromatic rings. The fourth-order valence-corrected chi connectivity index (χ4v) is 2.17. The fraction of sp³-hybridized carbons (Fsp3) is 0.500. The zero-order valence-corrected chi connectivity index (χ0v) is 9.37. The second-order valence-corrected chi connectivity index (χ2v) is 4.55. The summed E-state index contributed by atoms with van der Waals surface area (Å²) in [5.74, 6) is 0. The number of halogens is 1. The Bertz CT molecular complexity index is 317. The molecule has 84 valence electrons. The second-order valence-electron chi connectivity index (χ2n) is 4.11. The highest BCUT2D eigenvalue weighted by atomic mass is 35.5. The lowest BCUT2D eigenvalue weighted by atomic mass is 9.92. The number of hydrogen-bond acceptors (Lipinski definition) is 2. The van der Waals surface area contributed by atoms with Crippen molar-refractivity contribution in [1.29, 1.82) is 0 Å². The number of nitrogens with one attached hydrogen (secondary N) is 1. The molecule has 1 aromatic carbocycles. The molecule has 2 atom stereocenters. The van der Waals surface area contributed by atoms with Gasteiger partial charge in [-0.05, 0) is 37.1 Å². The molecule has 0 heterocycles. The van der Waals surface area contributed by atoms with Gasteiger partial charge >= 0.3 is 0 Å². The molecule has 1 fully saturated rings. The minimum absolute atomic E-state index is 0. The molecule has 1 aliphatic rings. The lowest BCUT2D eigenvalue weighted by Crippen LogP contribution is -2.36. The van der Waals surface area contributed by atoms with E-state index in [1.807, 2.05) is 24.3 Å². The van der Waals surface area contributed by atoms with E-state index in [1.165, 1.54) is 6.42 Å². The van der Waals surface area contributed by atoms with Crippen LogP contribution in [0.2, 0.25) is 5.02 Å². The van der Waals surface area contributed by atoms with Crippen molar-refractivity contribution in [3.63, 3.8) is 0 Å². The van der Waals surface area contributed by atoms with Gasteiger partial charge in [0.25, 0.3) is 0 Å². The molecular weight excluding hydrogens is 210 g/mol. The molecule has 0 radical (unpaired) electrons. The zero-order valence-electron chi connectivity index (χ0n) is 8.62. The van der Waals surface area contributed by atoms with E-state index >= 15 is 0 Å². The Morgan fingerprint density at radius 3 is 2.53 bits per heavy atom. The summed E-state index contributed by atoms with van der Waals surface area (Å²) in [4.78, 5) is 0. The zero-order chi connectivity index (χ0) is 10.7. The number of aliphatic hydroxyl groups is 1. The topological polar surface area (TPSA) is 32.3 Å². The number of aliphatic hydroxyl groups excluding tert-OH is 1. The summed E-state index contributed by atoms with van der Waals surface area (Å²) in [6.45, 7) is 0. The minimum Gasteiger partial charge on any atom is -0.391 e. The predicted octanol–water partition coefficient (Wildman–Crippen LogP) is 3.30. The van der Waals surface area contributed by atoms with Gasteiger partial charge in [-0.3, -0.25) is 0 Å². The number of anilines is 1. The number of hydrogen-bond donors (Lipinski definition) is 2. The van der Waals surface area contributed by atoms with Crippen molar-refractivity contribution < 1.29 is 6.53 Å². The average molecular weight is 228 g/mol. The highest BCUT2D eigenvalue weighted by Crippen LogP contribution is 2.22. The maximum absolute atomic E-state index is 9.80. The summed E-state index contributed by atoms with van der Waals surface area (Å²) < 4.78 is 0. The van der Waals surface area contributed by atoms with Crippen molar-refractivity contribution in [2.24, 2.45) is 0 Å². The molecule has 0 aliphatic heterocycles. The molecule has 1 aliphatic carbocycles. The quantitative estimate of drug-likeness (QED) is 0.813. The van der Waals surface area contributed by atoms with Crippen molar-refractivity contribution >= 4 is 17.3 Å². The summed E-state index contributed by atoms with van der Waals surface area (Å²) in [5, 5.41) is 13.9. The van der Waals surface area contributed by atoms with Crippen molar-refractivity contribution in [1.82, 2.24) is 0 Å². The maximum Gasteiger partial charge on any atom is 0.0741 e. The van der Waals surface area contributed by atoms with E-state index in [0.29, 0.717) is 0 Å². The van der Waals surface area contributed by atoms with Gasteiger partial charge in [-0.15, -0.1) is 0 Å². The lowest BCUT2D eigenvalue weighted by Gasteiger charge is -2.29. The molecule has 1 saturated carbocycles. The van der Waals surface area contributed by atoms with Crippen molar-refractivity contribution in [2.45, 2.75) is 37.8 Å². The van der Waals surface area contributed by atoms with Crippen LogP contribution in [0, 0.1) is 0 Å². The number of rotatable bonds is 2. The molecule has 0 aromatic heterocycles. The first-order valence-corrected chi connectivity index (χ1v) is 5.84. The van der Waals surface area contributed by atoms with E-state index < -0.39 is 0 Å². The lowest BCUT2D eigenvalue weighted by molar-refractivity contribution is 0.116. The van der Waals surface area contributed by atoms with Crippen LogP contribution in [0.5, 0.6) is 0 Å². The number of benzene rings is 1. The largest absolute Gasteiger partial charge is 0.391 e. The van der Waals surface area contributed by atoms with Gasteiger partial charge in [0.15, 0.2) is 0 Å². The normalized spacial score (nSPS) is 26.3. The van der Waals surface area contributed by atoms with E-state index in [2.05, 4.69) is 5.32 Å². The molecule has 0 spiro atoms. The van der Waals surface area contributed by atoms with Gasteiger partial charge in [-0.1, -0.05) is 24.4 Å². The Kier molecular flexibility index (Phi) is 3.49. The SMILES string of the molecule is OC1CCCCC1Nc1ccc(Cl)cc1.[HH]. The van der Waals surface area contributed by atoms with E-state index in [4.69, 9.17) is 11.6 Å². The standard InChI is InChI=1S/C12H16ClNO.H2/c13-9-5-7-10(8-6-9)14-11-3-1-2-4-12(11)15;/h5-8,11-12,14-15H,1-4H2;1H. The summed E-state index contributed by atoms with van der Waals surface area (Å²) in [7, 11) is 0. The third kappa shape index (κ3) is 2.86. The van der Waals surface area contributed by atoms with Gasteiger partial charge in [0.1, 0.15) is 0 Å². The smallest absolute Gasteiger partial charge is 0.0741 e. The molecule has 2 nitrogen and oxygen atoms in total. The fourth-order valence-electron chi connectivity index (χ4n) is 2.04. The summed E-state index contributed by atoms with van der Waals surface area (Å²) >= 11 is 5.81. The Hall–Kier alpha value is -0.730. The van der Waals surface area contributed by atoms with E-state index in [9.17, 15) is 5.11 Å². The Morgan fingerprint density at radius 2 is 1.87 bits per heavy atom. The van der Waals surface area contributed by atoms with Gasteiger partial charge < -0.3 is 10.4 Å². The second kappa shape index (κ2) is 4.86. The Morgan fingerprint density at radius 1 is 1.20 bits per heavy atom. The van der Waals surface area contributed by atoms with Crippen LogP contribution in [0.4, 0.5) is 5.69 Å². The van der Waals surface area contributed by atoms with Crippen LogP contribution in [-0.2, 0) is 0 Å². The van der Waals surface area contributed by atoms with Crippen LogP contribution in [-0.4, -0.2) is 17.3 Å². The third-order valence-corrected chi connectivity index (χ3v) is 3.18. The van der Waals surface area contributed by atoms with Crippen LogP contribution >= 0.6 is 11.6 Å². The Balaban J connectivity index is 0.00000128. The first-order chi connectivity index (χ1) is 7.25. The highest BCUT2D eigenvalue weighted by Gasteiger charge is 2.22. The molecule has 0 saturated heterocycles. The van der Waals surface area contributed by atoms with Gasteiger partial charge in [0, 0.05) is 12.1 Å². The van der Waals surface area contributed by atoms with E-state index in [1.54, 1.807) is 0 Å². The minimum atomic E-state index is -0.213. The van der Waals surface area contributed by atoms with Crippen LogP contribution in [0.3, 0.4) is 0 Å². The van der Waals surface area contributed by atoms with Crippen molar-refractivity contribution in [3.05, 3.63) is 29.3 Å². The van der Waals surface area contributed by atoms with Gasteiger partial charge in [0.2, 0.25) is 0 Å². The van der Waals surface area contributed by atoms with Crippen molar-refractivity contribution in [3.8, 4) is 0 Å². The molecule has 15 heavy (non-hydrogen) atoms. The molecule has 0 amide bonds. The predicted molar refractivity (Wildman–Crippen MR) is 65.5 cm³/mol. The van der Waals surface area contributed by atoms with Gasteiger partial charge in [-0.25, -0.2) is 0 Å². The van der Waals surface area contributed by atoms with Crippen LogP contribution in [0.1, 0.15) is 27.1 Å². The molecule has 2 unspecified atom stereocenters. The average Bonchev–Trinajstić information content (AvgIpc) is 2.25. The third-order valence-electron chi connectivity index (χ3n) is 2.93. The van der Waals surface area contributed by atoms with E-state index in [-0.39, 0.29) is 13.6 Å². The monoisotopic (exact) mass is 227 g/mol.